The van der Waals surface area contributed by atoms with Gasteiger partial charge in [-0.3, -0.25) is 9.48 Å². The smallest absolute Gasteiger partial charge is 0.271 e. The number of carbonyl (C=O) groups is 1. The largest absolute Gasteiger partial charge is 0.395 e. The first-order valence-electron chi connectivity index (χ1n) is 7.17. The Morgan fingerprint density at radius 3 is 2.65 bits per heavy atom. The monoisotopic (exact) mass is 296 g/mol. The summed E-state index contributed by atoms with van der Waals surface area (Å²) in [6.07, 6.45) is 7.73. The van der Waals surface area contributed by atoms with E-state index in [0.717, 1.165) is 12.1 Å². The van der Waals surface area contributed by atoms with Crippen LogP contribution in [0, 0.1) is 0 Å². The summed E-state index contributed by atoms with van der Waals surface area (Å²) < 4.78 is 1.79. The molecule has 1 aliphatic carbocycles. The Bertz CT molecular complexity index is 492. The highest BCUT2D eigenvalue weighted by molar-refractivity contribution is 8.00. The second kappa shape index (κ2) is 6.08. The highest BCUT2D eigenvalue weighted by atomic mass is 32.2. The molecule has 1 aromatic heterocycles. The Labute approximate surface area is 124 Å². The summed E-state index contributed by atoms with van der Waals surface area (Å²) in [5.74, 6) is -0.113. The second-order valence-corrected chi connectivity index (χ2v) is 6.74. The minimum absolute atomic E-state index is 0.113. The number of amides is 1. The first kappa shape index (κ1) is 15.2. The summed E-state index contributed by atoms with van der Waals surface area (Å²) in [5.41, 5.74) is 7.80. The Kier molecular flexibility index (Phi) is 4.62. The zero-order valence-corrected chi connectivity index (χ0v) is 13.3. The van der Waals surface area contributed by atoms with Crippen molar-refractivity contribution in [3.8, 4) is 0 Å². The third-order valence-corrected chi connectivity index (χ3v) is 5.65. The predicted molar refractivity (Wildman–Crippen MR) is 84.0 cm³/mol. The molecule has 1 heterocycles. The van der Waals surface area contributed by atoms with E-state index < -0.39 is 0 Å². The molecule has 1 fully saturated rings. The lowest BCUT2D eigenvalue weighted by Crippen LogP contribution is -2.39. The normalized spacial score (nSPS) is 17.4. The average molecular weight is 296 g/mol. The molecule has 1 saturated carbocycles. The van der Waals surface area contributed by atoms with Gasteiger partial charge in [0.05, 0.1) is 11.4 Å². The fourth-order valence-electron chi connectivity index (χ4n) is 2.92. The summed E-state index contributed by atoms with van der Waals surface area (Å²) >= 11 is 1.87. The first-order chi connectivity index (χ1) is 9.53. The van der Waals surface area contributed by atoms with Gasteiger partial charge >= 0.3 is 0 Å². The quantitative estimate of drug-likeness (QED) is 0.871. The molecule has 5 nitrogen and oxygen atoms in total. The van der Waals surface area contributed by atoms with Crippen LogP contribution in [0.3, 0.4) is 0 Å². The van der Waals surface area contributed by atoms with Crippen LogP contribution in [0.25, 0.3) is 0 Å². The summed E-state index contributed by atoms with van der Waals surface area (Å²) in [6.45, 7) is 2.70. The number of aryl methyl sites for hydroxylation is 2. The topological polar surface area (TPSA) is 72.9 Å². The molecule has 1 amide bonds. The number of aromatic nitrogens is 2. The van der Waals surface area contributed by atoms with Crippen LogP contribution >= 0.6 is 11.8 Å². The van der Waals surface area contributed by atoms with E-state index in [-0.39, 0.29) is 10.7 Å². The van der Waals surface area contributed by atoms with E-state index in [1.807, 2.05) is 18.7 Å². The van der Waals surface area contributed by atoms with Gasteiger partial charge in [-0.1, -0.05) is 19.8 Å². The van der Waals surface area contributed by atoms with Gasteiger partial charge in [-0.15, -0.1) is 0 Å². The number of rotatable bonds is 5. The number of nitrogen functional groups attached to an aromatic ring is 1. The number of hydrogen-bond acceptors (Lipinski definition) is 4. The molecule has 0 atom stereocenters. The molecule has 0 spiro atoms. The van der Waals surface area contributed by atoms with Crippen molar-refractivity contribution in [3.05, 3.63) is 11.4 Å². The van der Waals surface area contributed by atoms with Crippen molar-refractivity contribution in [2.45, 2.75) is 43.8 Å². The lowest BCUT2D eigenvalue weighted by atomic mass is 10.1. The molecule has 2 rings (SSSR count). The van der Waals surface area contributed by atoms with Gasteiger partial charge in [0.15, 0.2) is 0 Å². The zero-order valence-electron chi connectivity index (χ0n) is 12.5. The second-order valence-electron chi connectivity index (χ2n) is 5.46. The average Bonchev–Trinajstić information content (AvgIpc) is 3.02. The third-order valence-electron chi connectivity index (χ3n) is 4.23. The maximum atomic E-state index is 12.4. The van der Waals surface area contributed by atoms with Gasteiger partial charge in [0.1, 0.15) is 5.69 Å². The van der Waals surface area contributed by atoms with E-state index >= 15 is 0 Å². The highest BCUT2D eigenvalue weighted by Crippen LogP contribution is 2.39. The number of carbonyl (C=O) groups excluding carboxylic acids is 1. The number of nitrogens with zero attached hydrogens (tertiary/aromatic N) is 2. The molecule has 0 aliphatic heterocycles. The van der Waals surface area contributed by atoms with E-state index in [0.29, 0.717) is 17.9 Å². The van der Waals surface area contributed by atoms with Gasteiger partial charge in [-0.25, -0.2) is 0 Å². The van der Waals surface area contributed by atoms with E-state index in [1.54, 1.807) is 11.7 Å². The number of nitrogens with two attached hydrogens (primary N) is 1. The van der Waals surface area contributed by atoms with Crippen molar-refractivity contribution in [2.24, 2.45) is 7.05 Å². The summed E-state index contributed by atoms with van der Waals surface area (Å²) in [6, 6.07) is 0. The lowest BCUT2D eigenvalue weighted by Gasteiger charge is -2.26. The first-order valence-corrected chi connectivity index (χ1v) is 8.40. The van der Waals surface area contributed by atoms with Crippen LogP contribution in [-0.4, -0.2) is 33.2 Å². The van der Waals surface area contributed by atoms with Crippen molar-refractivity contribution in [3.63, 3.8) is 0 Å². The lowest BCUT2D eigenvalue weighted by molar-refractivity contribution is 0.0941. The summed E-state index contributed by atoms with van der Waals surface area (Å²) in [5, 5.41) is 7.34. The van der Waals surface area contributed by atoms with Gasteiger partial charge in [0, 0.05) is 18.3 Å². The molecule has 20 heavy (non-hydrogen) atoms. The highest BCUT2D eigenvalue weighted by Gasteiger charge is 2.33. The SMILES string of the molecule is CCc1nn(C)c(C(=O)NCC2(SC)CCCC2)c1N. The molecular formula is C14H24N4OS. The van der Waals surface area contributed by atoms with E-state index in [9.17, 15) is 4.79 Å². The third kappa shape index (κ3) is 2.80. The van der Waals surface area contributed by atoms with Gasteiger partial charge in [-0.05, 0) is 25.5 Å². The van der Waals surface area contributed by atoms with E-state index in [4.69, 9.17) is 5.73 Å². The summed E-state index contributed by atoms with van der Waals surface area (Å²) in [7, 11) is 1.77. The van der Waals surface area contributed by atoms with Crippen LogP contribution < -0.4 is 11.1 Å². The number of thioether (sulfide) groups is 1. The van der Waals surface area contributed by atoms with Crippen LogP contribution in [0.2, 0.25) is 0 Å². The van der Waals surface area contributed by atoms with Crippen LogP contribution in [-0.2, 0) is 13.5 Å². The molecule has 0 aromatic carbocycles. The van der Waals surface area contributed by atoms with Gasteiger partial charge in [-0.2, -0.15) is 16.9 Å². The zero-order chi connectivity index (χ0) is 14.8. The Morgan fingerprint density at radius 2 is 2.15 bits per heavy atom. The van der Waals surface area contributed by atoms with Crippen LogP contribution in [0.4, 0.5) is 5.69 Å². The molecule has 0 bridgehead atoms. The van der Waals surface area contributed by atoms with Crippen molar-refractivity contribution < 1.29 is 4.79 Å². The minimum Gasteiger partial charge on any atom is -0.395 e. The van der Waals surface area contributed by atoms with Gasteiger partial charge < -0.3 is 11.1 Å². The van der Waals surface area contributed by atoms with E-state index in [1.165, 1.54) is 25.7 Å². The van der Waals surface area contributed by atoms with Crippen molar-refractivity contribution in [1.29, 1.82) is 0 Å². The number of hydrogen-bond donors (Lipinski definition) is 2. The molecule has 3 N–H and O–H groups in total. The Morgan fingerprint density at radius 1 is 1.50 bits per heavy atom. The molecule has 1 aromatic rings. The van der Waals surface area contributed by atoms with Crippen molar-refractivity contribution in [1.82, 2.24) is 15.1 Å². The molecule has 0 unspecified atom stereocenters. The molecule has 0 radical (unpaired) electrons. The maximum Gasteiger partial charge on any atom is 0.271 e. The van der Waals surface area contributed by atoms with Gasteiger partial charge in [0.2, 0.25) is 0 Å². The Balaban J connectivity index is 2.07. The van der Waals surface area contributed by atoms with Crippen LogP contribution in [0.15, 0.2) is 0 Å². The number of anilines is 1. The van der Waals surface area contributed by atoms with Crippen LogP contribution in [0.5, 0.6) is 0 Å². The predicted octanol–water partition coefficient (Wildman–Crippen LogP) is 1.97. The summed E-state index contributed by atoms with van der Waals surface area (Å²) in [4.78, 5) is 12.4. The van der Waals surface area contributed by atoms with E-state index in [2.05, 4.69) is 16.7 Å². The molecule has 0 saturated heterocycles. The molecule has 112 valence electrons. The number of nitrogens with one attached hydrogen (secondary N) is 1. The molecule has 1 aliphatic rings. The maximum absolute atomic E-state index is 12.4. The standard InChI is InChI=1S/C14H24N4OS/c1-4-10-11(15)12(18(2)17-10)13(19)16-9-14(20-3)7-5-6-8-14/h4-9,15H2,1-3H3,(H,16,19). The Hall–Kier alpha value is -1.17. The fraction of sp³-hybridized carbons (Fsp3) is 0.714. The fourth-order valence-corrected chi connectivity index (χ4v) is 3.84. The van der Waals surface area contributed by atoms with Crippen molar-refractivity contribution >= 4 is 23.4 Å². The van der Waals surface area contributed by atoms with Crippen molar-refractivity contribution in [2.75, 3.05) is 18.5 Å². The molecular weight excluding hydrogens is 272 g/mol. The minimum atomic E-state index is -0.113. The van der Waals surface area contributed by atoms with Gasteiger partial charge in [0.25, 0.3) is 5.91 Å². The molecule has 6 heteroatoms. The van der Waals surface area contributed by atoms with Crippen LogP contribution in [0.1, 0.15) is 48.8 Å².